The molecule has 4 aromatic rings. The van der Waals surface area contributed by atoms with E-state index >= 15 is 0 Å². The fraction of sp³-hybridized carbons (Fsp3) is 0.208. The summed E-state index contributed by atoms with van der Waals surface area (Å²) in [6.45, 7) is 2.05. The maximum absolute atomic E-state index is 5.84. The minimum absolute atomic E-state index is 0.254. The summed E-state index contributed by atoms with van der Waals surface area (Å²) < 4.78 is 0. The van der Waals surface area contributed by atoms with Crippen LogP contribution < -0.4 is 5.73 Å². The van der Waals surface area contributed by atoms with Gasteiger partial charge in [-0.05, 0) is 61.6 Å². The van der Waals surface area contributed by atoms with Crippen LogP contribution in [0.4, 0.5) is 0 Å². The molecule has 2 heterocycles. The third-order valence-electron chi connectivity index (χ3n) is 4.90. The molecule has 0 radical (unpaired) electrons. The molecule has 136 valence electrons. The van der Waals surface area contributed by atoms with Gasteiger partial charge in [0.1, 0.15) is 5.65 Å². The van der Waals surface area contributed by atoms with Gasteiger partial charge in [0.2, 0.25) is 0 Å². The zero-order chi connectivity index (χ0) is 18.6. The summed E-state index contributed by atoms with van der Waals surface area (Å²) >= 11 is 0. The first kappa shape index (κ1) is 17.5. The number of nitrogens with one attached hydrogen (secondary N) is 1. The highest BCUT2D eigenvalue weighted by Crippen LogP contribution is 2.26. The molecule has 0 saturated carbocycles. The van der Waals surface area contributed by atoms with E-state index < -0.39 is 0 Å². The predicted octanol–water partition coefficient (Wildman–Crippen LogP) is 5.56. The summed E-state index contributed by atoms with van der Waals surface area (Å²) in [4.78, 5) is 8.28. The van der Waals surface area contributed by atoms with Crippen molar-refractivity contribution in [2.45, 2.75) is 32.2 Å². The Hall–Kier alpha value is -2.91. The lowest BCUT2D eigenvalue weighted by atomic mass is 10.1. The number of rotatable bonds is 6. The lowest BCUT2D eigenvalue weighted by molar-refractivity contribution is 0.620. The third kappa shape index (κ3) is 4.09. The molecule has 3 heteroatoms. The molecule has 0 fully saturated rings. The van der Waals surface area contributed by atoms with Gasteiger partial charge in [-0.1, -0.05) is 48.6 Å². The Bertz CT molecular complexity index is 1070. The largest absolute Gasteiger partial charge is 0.339 e. The summed E-state index contributed by atoms with van der Waals surface area (Å²) in [6, 6.07) is 21.5. The average Bonchev–Trinajstić information content (AvgIpc) is 3.04. The topological polar surface area (TPSA) is 54.7 Å². The smallest absolute Gasteiger partial charge is 0.138 e. The van der Waals surface area contributed by atoms with Crippen molar-refractivity contribution in [1.29, 1.82) is 0 Å². The molecular weight excluding hydrogens is 330 g/mol. The molecule has 0 saturated heterocycles. The van der Waals surface area contributed by atoms with Crippen LogP contribution >= 0.6 is 0 Å². The molecule has 0 bridgehead atoms. The standard InChI is InChI=1S/C24H25N3/c1-17(25)6-5-9-20-13-14-21-22-16-19(11-10-18-7-3-2-4-8-18)12-15-23(22)27-24(21)26-20/h2-4,7-8,10-17H,5-6,9,25H2,1H3,(H,26,27). The molecule has 4 rings (SSSR count). The number of hydrogen-bond donors (Lipinski definition) is 2. The fourth-order valence-corrected chi connectivity index (χ4v) is 3.44. The number of nitrogens with zero attached hydrogens (tertiary/aromatic N) is 1. The number of nitrogens with two attached hydrogens (primary N) is 1. The Kier molecular flexibility index (Phi) is 5.03. The van der Waals surface area contributed by atoms with Crippen molar-refractivity contribution >= 4 is 34.1 Å². The molecule has 1 atom stereocenters. The van der Waals surface area contributed by atoms with Gasteiger partial charge in [0.15, 0.2) is 0 Å². The van der Waals surface area contributed by atoms with Crippen molar-refractivity contribution in [3.8, 4) is 0 Å². The van der Waals surface area contributed by atoms with Gasteiger partial charge in [-0.2, -0.15) is 0 Å². The summed E-state index contributed by atoms with van der Waals surface area (Å²) in [5, 5.41) is 2.39. The van der Waals surface area contributed by atoms with E-state index in [-0.39, 0.29) is 6.04 Å². The Labute approximate surface area is 159 Å². The summed E-state index contributed by atoms with van der Waals surface area (Å²) in [6.07, 6.45) is 7.38. The van der Waals surface area contributed by atoms with Gasteiger partial charge in [-0.15, -0.1) is 0 Å². The minimum Gasteiger partial charge on any atom is -0.339 e. The number of hydrogen-bond acceptors (Lipinski definition) is 2. The molecule has 27 heavy (non-hydrogen) atoms. The number of benzene rings is 2. The van der Waals surface area contributed by atoms with E-state index in [0.717, 1.165) is 36.1 Å². The maximum atomic E-state index is 5.84. The summed E-state index contributed by atoms with van der Waals surface area (Å²) in [5.74, 6) is 0. The van der Waals surface area contributed by atoms with Gasteiger partial charge in [0.05, 0.1) is 0 Å². The number of aromatic nitrogens is 2. The van der Waals surface area contributed by atoms with Gasteiger partial charge in [0, 0.05) is 28.0 Å². The lowest BCUT2D eigenvalue weighted by Gasteiger charge is -2.04. The van der Waals surface area contributed by atoms with Crippen molar-refractivity contribution in [3.05, 3.63) is 77.5 Å². The monoisotopic (exact) mass is 355 g/mol. The molecular formula is C24H25N3. The van der Waals surface area contributed by atoms with E-state index in [1.807, 2.05) is 6.07 Å². The highest BCUT2D eigenvalue weighted by Gasteiger charge is 2.07. The van der Waals surface area contributed by atoms with Crippen molar-refractivity contribution in [3.63, 3.8) is 0 Å². The predicted molar refractivity (Wildman–Crippen MR) is 116 cm³/mol. The first-order valence-corrected chi connectivity index (χ1v) is 9.59. The zero-order valence-electron chi connectivity index (χ0n) is 15.7. The highest BCUT2D eigenvalue weighted by atomic mass is 14.9. The Morgan fingerprint density at radius 3 is 2.59 bits per heavy atom. The summed E-state index contributed by atoms with van der Waals surface area (Å²) in [5.41, 5.74) is 11.4. The second kappa shape index (κ2) is 7.77. The number of aryl methyl sites for hydroxylation is 1. The van der Waals surface area contributed by atoms with Crippen LogP contribution in [0, 0.1) is 0 Å². The normalized spacial score (nSPS) is 13.0. The second-order valence-electron chi connectivity index (χ2n) is 7.24. The van der Waals surface area contributed by atoms with Gasteiger partial charge in [0.25, 0.3) is 0 Å². The van der Waals surface area contributed by atoms with Gasteiger partial charge in [-0.3, -0.25) is 0 Å². The van der Waals surface area contributed by atoms with Gasteiger partial charge < -0.3 is 10.7 Å². The zero-order valence-corrected chi connectivity index (χ0v) is 15.7. The molecule has 0 aliphatic carbocycles. The van der Waals surface area contributed by atoms with Crippen molar-refractivity contribution in [2.75, 3.05) is 0 Å². The molecule has 0 amide bonds. The van der Waals surface area contributed by atoms with Gasteiger partial charge >= 0.3 is 0 Å². The number of aromatic amines is 1. The molecule has 3 N–H and O–H groups in total. The second-order valence-corrected chi connectivity index (χ2v) is 7.24. The van der Waals surface area contributed by atoms with E-state index in [4.69, 9.17) is 10.7 Å². The molecule has 0 aliphatic rings. The Morgan fingerprint density at radius 1 is 0.963 bits per heavy atom. The van der Waals surface area contributed by atoms with E-state index in [1.165, 1.54) is 21.9 Å². The first-order chi connectivity index (χ1) is 13.2. The number of H-pyrrole nitrogens is 1. The molecule has 2 aromatic heterocycles. The molecule has 1 unspecified atom stereocenters. The van der Waals surface area contributed by atoms with Crippen LogP contribution in [-0.4, -0.2) is 16.0 Å². The number of fused-ring (bicyclic) bond motifs is 3. The maximum Gasteiger partial charge on any atom is 0.138 e. The lowest BCUT2D eigenvalue weighted by Crippen LogP contribution is -2.14. The Morgan fingerprint density at radius 2 is 1.78 bits per heavy atom. The third-order valence-corrected chi connectivity index (χ3v) is 4.90. The summed E-state index contributed by atoms with van der Waals surface area (Å²) in [7, 11) is 0. The minimum atomic E-state index is 0.254. The quantitative estimate of drug-likeness (QED) is 0.445. The van der Waals surface area contributed by atoms with E-state index in [0.29, 0.717) is 0 Å². The van der Waals surface area contributed by atoms with Crippen LogP contribution in [0.1, 0.15) is 36.6 Å². The van der Waals surface area contributed by atoms with Crippen LogP contribution in [0.2, 0.25) is 0 Å². The molecule has 0 aliphatic heterocycles. The van der Waals surface area contributed by atoms with E-state index in [1.54, 1.807) is 0 Å². The van der Waals surface area contributed by atoms with Crippen LogP contribution in [0.25, 0.3) is 34.1 Å². The molecule has 0 spiro atoms. The van der Waals surface area contributed by atoms with E-state index in [9.17, 15) is 0 Å². The average molecular weight is 355 g/mol. The van der Waals surface area contributed by atoms with Crippen LogP contribution in [-0.2, 0) is 6.42 Å². The SMILES string of the molecule is CC(N)CCCc1ccc2c(n1)[nH]c1ccc(C=Cc3ccccc3)cc12. The van der Waals surface area contributed by atoms with Crippen LogP contribution in [0.3, 0.4) is 0 Å². The van der Waals surface area contributed by atoms with E-state index in [2.05, 4.69) is 78.7 Å². The van der Waals surface area contributed by atoms with Crippen LogP contribution in [0.5, 0.6) is 0 Å². The molecule has 2 aromatic carbocycles. The van der Waals surface area contributed by atoms with Crippen molar-refractivity contribution < 1.29 is 0 Å². The molecule has 3 nitrogen and oxygen atoms in total. The van der Waals surface area contributed by atoms with Crippen LogP contribution in [0.15, 0.2) is 60.7 Å². The van der Waals surface area contributed by atoms with Crippen molar-refractivity contribution in [2.24, 2.45) is 5.73 Å². The van der Waals surface area contributed by atoms with Crippen molar-refractivity contribution in [1.82, 2.24) is 9.97 Å². The Balaban J connectivity index is 1.61. The first-order valence-electron chi connectivity index (χ1n) is 9.59. The number of pyridine rings is 1. The highest BCUT2D eigenvalue weighted by molar-refractivity contribution is 6.06. The fourth-order valence-electron chi connectivity index (χ4n) is 3.44. The van der Waals surface area contributed by atoms with Gasteiger partial charge in [-0.25, -0.2) is 4.98 Å².